The summed E-state index contributed by atoms with van der Waals surface area (Å²) in [7, 11) is -3.42. The Kier molecular flexibility index (Phi) is 6.30. The predicted molar refractivity (Wildman–Crippen MR) is 101 cm³/mol. The molecule has 3 rings (SSSR count). The van der Waals surface area contributed by atoms with E-state index in [0.717, 1.165) is 30.5 Å². The number of benzene rings is 1. The molecule has 1 aliphatic rings. The van der Waals surface area contributed by atoms with Gasteiger partial charge < -0.3 is 9.64 Å². The third-order valence-corrected chi connectivity index (χ3v) is 5.16. The maximum absolute atomic E-state index is 13.1. The minimum Gasteiger partial charge on any atom is -0.493 e. The zero-order chi connectivity index (χ0) is 20.1. The van der Waals surface area contributed by atoms with Crippen LogP contribution >= 0.6 is 0 Å². The Labute approximate surface area is 163 Å². The van der Waals surface area contributed by atoms with Crippen LogP contribution in [0.1, 0.15) is 30.3 Å². The lowest BCUT2D eigenvalue weighted by Gasteiger charge is -2.23. The van der Waals surface area contributed by atoms with Crippen molar-refractivity contribution < 1.29 is 22.3 Å². The lowest BCUT2D eigenvalue weighted by molar-refractivity contribution is -0.130. The smallest absolute Gasteiger partial charge is 0.238 e. The summed E-state index contributed by atoms with van der Waals surface area (Å²) in [5.41, 5.74) is 1.59. The van der Waals surface area contributed by atoms with E-state index in [1.54, 1.807) is 17.0 Å². The molecule has 152 valence electrons. The summed E-state index contributed by atoms with van der Waals surface area (Å²) in [5.74, 6) is -0.157. The molecule has 8 nitrogen and oxygen atoms in total. The van der Waals surface area contributed by atoms with Gasteiger partial charge in [0.15, 0.2) is 0 Å². The number of aromatic nitrogens is 2. The van der Waals surface area contributed by atoms with Gasteiger partial charge in [-0.2, -0.15) is 5.10 Å². The van der Waals surface area contributed by atoms with E-state index in [1.165, 1.54) is 12.1 Å². The van der Waals surface area contributed by atoms with Gasteiger partial charge in [-0.3, -0.25) is 9.89 Å². The van der Waals surface area contributed by atoms with E-state index >= 15 is 0 Å². The third kappa shape index (κ3) is 5.52. The SMILES string of the molecule is CS(=O)(=O)NCC(=O)N1CCCC1c1cc(CCOc2cccc(F)c2)[nH]n1. The first-order chi connectivity index (χ1) is 13.3. The van der Waals surface area contributed by atoms with Gasteiger partial charge in [0.25, 0.3) is 0 Å². The van der Waals surface area contributed by atoms with Gasteiger partial charge in [-0.25, -0.2) is 17.5 Å². The normalized spacial score (nSPS) is 17.1. The average molecular weight is 410 g/mol. The number of H-pyrrole nitrogens is 1. The van der Waals surface area contributed by atoms with E-state index in [-0.39, 0.29) is 24.3 Å². The molecule has 1 aromatic heterocycles. The summed E-state index contributed by atoms with van der Waals surface area (Å²) >= 11 is 0. The number of ether oxygens (including phenoxy) is 1. The maximum atomic E-state index is 13.1. The van der Waals surface area contributed by atoms with Gasteiger partial charge >= 0.3 is 0 Å². The highest BCUT2D eigenvalue weighted by Crippen LogP contribution is 2.31. The molecule has 0 radical (unpaired) electrons. The fourth-order valence-electron chi connectivity index (χ4n) is 3.18. The van der Waals surface area contributed by atoms with Crippen molar-refractivity contribution in [2.45, 2.75) is 25.3 Å². The number of rotatable bonds is 8. The lowest BCUT2D eigenvalue weighted by atomic mass is 10.1. The van der Waals surface area contributed by atoms with Gasteiger partial charge in [-0.1, -0.05) is 6.07 Å². The summed E-state index contributed by atoms with van der Waals surface area (Å²) in [6, 6.07) is 7.66. The minimum atomic E-state index is -3.42. The fraction of sp³-hybridized carbons (Fsp3) is 0.444. The molecule has 10 heteroatoms. The zero-order valence-corrected chi connectivity index (χ0v) is 16.3. The molecule has 28 heavy (non-hydrogen) atoms. The van der Waals surface area contributed by atoms with Gasteiger partial charge in [-0.15, -0.1) is 0 Å². The summed E-state index contributed by atoms with van der Waals surface area (Å²) in [6.07, 6.45) is 3.18. The van der Waals surface area contributed by atoms with E-state index < -0.39 is 10.0 Å². The Balaban J connectivity index is 1.55. The summed E-state index contributed by atoms with van der Waals surface area (Å²) in [6.45, 7) is 0.671. The molecule has 1 amide bonds. The monoisotopic (exact) mass is 410 g/mol. The van der Waals surface area contributed by atoms with E-state index in [2.05, 4.69) is 14.9 Å². The number of likely N-dealkylation sites (tertiary alicyclic amines) is 1. The predicted octanol–water partition coefficient (Wildman–Crippen LogP) is 1.38. The second-order valence-corrected chi connectivity index (χ2v) is 8.55. The molecule has 0 aliphatic carbocycles. The van der Waals surface area contributed by atoms with Crippen LogP contribution in [0.2, 0.25) is 0 Å². The first-order valence-corrected chi connectivity index (χ1v) is 10.9. The standard InChI is InChI=1S/C18H23FN4O4S/c1-28(25,26)20-12-18(24)23-8-3-6-17(23)16-11-14(21-22-16)7-9-27-15-5-2-4-13(19)10-15/h2,4-5,10-11,17,20H,3,6-9,12H2,1H3,(H,21,22). The average Bonchev–Trinajstić information content (AvgIpc) is 3.28. The summed E-state index contributed by atoms with van der Waals surface area (Å²) in [5, 5.41) is 7.25. The summed E-state index contributed by atoms with van der Waals surface area (Å²) < 4.78 is 43.3. The van der Waals surface area contributed by atoms with Gasteiger partial charge in [0.05, 0.1) is 31.1 Å². The quantitative estimate of drug-likeness (QED) is 0.684. The number of nitrogens with zero attached hydrogens (tertiary/aromatic N) is 2. The van der Waals surface area contributed by atoms with Crippen molar-refractivity contribution in [1.29, 1.82) is 0 Å². The van der Waals surface area contributed by atoms with Crippen LogP contribution in [0.25, 0.3) is 0 Å². The molecule has 0 saturated carbocycles. The zero-order valence-electron chi connectivity index (χ0n) is 15.5. The van der Waals surface area contributed by atoms with Crippen LogP contribution in [0.3, 0.4) is 0 Å². The lowest BCUT2D eigenvalue weighted by Crippen LogP contribution is -2.39. The van der Waals surface area contributed by atoms with Crippen molar-refractivity contribution in [3.8, 4) is 5.75 Å². The van der Waals surface area contributed by atoms with Gasteiger partial charge in [0.2, 0.25) is 15.9 Å². The molecule has 0 bridgehead atoms. The van der Waals surface area contributed by atoms with Crippen LogP contribution in [-0.4, -0.2) is 55.4 Å². The second kappa shape index (κ2) is 8.70. The maximum Gasteiger partial charge on any atom is 0.238 e. The van der Waals surface area contributed by atoms with Crippen molar-refractivity contribution in [3.05, 3.63) is 47.5 Å². The number of hydrogen-bond acceptors (Lipinski definition) is 5. The number of aromatic amines is 1. The van der Waals surface area contributed by atoms with Gasteiger partial charge in [-0.05, 0) is 31.0 Å². The number of amides is 1. The first-order valence-electron chi connectivity index (χ1n) is 8.98. The highest BCUT2D eigenvalue weighted by atomic mass is 32.2. The van der Waals surface area contributed by atoms with E-state index in [0.29, 0.717) is 25.3 Å². The molecule has 1 aromatic carbocycles. The highest BCUT2D eigenvalue weighted by molar-refractivity contribution is 7.88. The topological polar surface area (TPSA) is 104 Å². The molecule has 2 heterocycles. The number of hydrogen-bond donors (Lipinski definition) is 2. The molecular formula is C18H23FN4O4S. The van der Waals surface area contributed by atoms with E-state index in [9.17, 15) is 17.6 Å². The Morgan fingerprint density at radius 3 is 3.00 bits per heavy atom. The molecule has 1 unspecified atom stereocenters. The fourth-order valence-corrected chi connectivity index (χ4v) is 3.57. The van der Waals surface area contributed by atoms with Crippen molar-refractivity contribution in [2.24, 2.45) is 0 Å². The molecule has 0 spiro atoms. The molecule has 1 saturated heterocycles. The van der Waals surface area contributed by atoms with Crippen LogP contribution in [0.4, 0.5) is 4.39 Å². The molecule has 1 aliphatic heterocycles. The molecule has 2 N–H and O–H groups in total. The molecule has 2 aromatic rings. The number of halogens is 1. The summed E-state index contributed by atoms with van der Waals surface area (Å²) in [4.78, 5) is 14.0. The van der Waals surface area contributed by atoms with Crippen LogP contribution in [0, 0.1) is 5.82 Å². The van der Waals surface area contributed by atoms with Crippen LogP contribution in [-0.2, 0) is 21.2 Å². The van der Waals surface area contributed by atoms with Crippen molar-refractivity contribution >= 4 is 15.9 Å². The number of sulfonamides is 1. The van der Waals surface area contributed by atoms with E-state index in [4.69, 9.17) is 4.74 Å². The van der Waals surface area contributed by atoms with Crippen molar-refractivity contribution in [1.82, 2.24) is 19.8 Å². The number of nitrogens with one attached hydrogen (secondary N) is 2. The number of carbonyl (C=O) groups excluding carboxylic acids is 1. The van der Waals surface area contributed by atoms with Crippen LogP contribution in [0.15, 0.2) is 30.3 Å². The van der Waals surface area contributed by atoms with Crippen molar-refractivity contribution in [3.63, 3.8) is 0 Å². The molecule has 1 atom stereocenters. The Morgan fingerprint density at radius 1 is 1.43 bits per heavy atom. The van der Waals surface area contributed by atoms with Gasteiger partial charge in [0.1, 0.15) is 11.6 Å². The number of carbonyl (C=O) groups is 1. The Bertz CT molecular complexity index is 931. The molecular weight excluding hydrogens is 387 g/mol. The van der Waals surface area contributed by atoms with Crippen molar-refractivity contribution in [2.75, 3.05) is 26.0 Å². The second-order valence-electron chi connectivity index (χ2n) is 6.71. The highest BCUT2D eigenvalue weighted by Gasteiger charge is 2.31. The minimum absolute atomic E-state index is 0.178. The Hall–Kier alpha value is -2.46. The van der Waals surface area contributed by atoms with Crippen LogP contribution in [0.5, 0.6) is 5.75 Å². The van der Waals surface area contributed by atoms with Gasteiger partial charge in [0, 0.05) is 24.7 Å². The third-order valence-electron chi connectivity index (χ3n) is 4.49. The largest absolute Gasteiger partial charge is 0.493 e. The van der Waals surface area contributed by atoms with E-state index in [1.807, 2.05) is 6.07 Å². The first kappa shape index (κ1) is 20.3. The van der Waals surface area contributed by atoms with Crippen LogP contribution < -0.4 is 9.46 Å². The Morgan fingerprint density at radius 2 is 2.25 bits per heavy atom. The molecule has 1 fully saturated rings.